The van der Waals surface area contributed by atoms with Gasteiger partial charge in [-0.2, -0.15) is 5.10 Å². The summed E-state index contributed by atoms with van der Waals surface area (Å²) in [6.45, 7) is 0. The molecule has 0 aliphatic heterocycles. The van der Waals surface area contributed by atoms with Crippen LogP contribution in [0.5, 0.6) is 0 Å². The average Bonchev–Trinajstić information content (AvgIpc) is 2.76. The number of nitrogens with zero attached hydrogens (tertiary/aromatic N) is 1. The molecule has 0 unspecified atom stereocenters. The van der Waals surface area contributed by atoms with Crippen molar-refractivity contribution in [3.05, 3.63) is 56.7 Å². The molecule has 1 heterocycles. The van der Waals surface area contributed by atoms with E-state index in [1.54, 1.807) is 17.6 Å². The largest absolute Gasteiger partial charge is 0.273 e. The highest BCUT2D eigenvalue weighted by molar-refractivity contribution is 9.11. The molecule has 0 aliphatic carbocycles. The minimum Gasteiger partial charge on any atom is -0.273 e. The second kappa shape index (κ2) is 6.47. The number of nitrogens with one attached hydrogen (secondary N) is 1. The first-order valence-corrected chi connectivity index (χ1v) is 6.96. The van der Waals surface area contributed by atoms with Crippen LogP contribution in [0.2, 0.25) is 0 Å². The maximum atomic E-state index is 11.6. The van der Waals surface area contributed by atoms with E-state index in [0.717, 1.165) is 14.2 Å². The highest BCUT2D eigenvalue weighted by atomic mass is 79.9. The van der Waals surface area contributed by atoms with Gasteiger partial charge in [-0.3, -0.25) is 4.79 Å². The van der Waals surface area contributed by atoms with Gasteiger partial charge in [0.25, 0.3) is 0 Å². The third-order valence-corrected chi connectivity index (χ3v) is 3.74. The van der Waals surface area contributed by atoms with Gasteiger partial charge in [0.2, 0.25) is 5.91 Å². The lowest BCUT2D eigenvalue weighted by atomic mass is 10.1. The molecule has 3 nitrogen and oxygen atoms in total. The first-order valence-electron chi connectivity index (χ1n) is 5.35. The molecule has 0 atom stereocenters. The van der Waals surface area contributed by atoms with Crippen LogP contribution in [-0.2, 0) is 11.2 Å². The molecule has 2 rings (SSSR count). The average molecular weight is 323 g/mol. The Bertz CT molecular complexity index is 551. The Kier molecular flexibility index (Phi) is 4.66. The molecule has 1 aromatic heterocycles. The van der Waals surface area contributed by atoms with E-state index in [2.05, 4.69) is 26.5 Å². The molecule has 0 bridgehead atoms. The summed E-state index contributed by atoms with van der Waals surface area (Å²) in [6, 6.07) is 13.5. The van der Waals surface area contributed by atoms with Crippen LogP contribution in [0.25, 0.3) is 0 Å². The van der Waals surface area contributed by atoms with Gasteiger partial charge in [-0.05, 0) is 33.6 Å². The number of hydrogen-bond acceptors (Lipinski definition) is 3. The summed E-state index contributed by atoms with van der Waals surface area (Å²) in [6.07, 6.45) is 1.98. The van der Waals surface area contributed by atoms with E-state index < -0.39 is 0 Å². The number of halogens is 1. The zero-order valence-electron chi connectivity index (χ0n) is 9.47. The van der Waals surface area contributed by atoms with Crippen molar-refractivity contribution in [3.8, 4) is 0 Å². The van der Waals surface area contributed by atoms with E-state index in [1.807, 2.05) is 42.5 Å². The van der Waals surface area contributed by atoms with Crippen molar-refractivity contribution in [3.63, 3.8) is 0 Å². The third kappa shape index (κ3) is 4.09. The Morgan fingerprint density at radius 1 is 1.28 bits per heavy atom. The minimum absolute atomic E-state index is 0.118. The van der Waals surface area contributed by atoms with E-state index in [-0.39, 0.29) is 5.91 Å². The molecule has 0 saturated heterocycles. The fraction of sp³-hybridized carbons (Fsp3) is 0.0769. The van der Waals surface area contributed by atoms with Gasteiger partial charge in [-0.1, -0.05) is 30.3 Å². The quantitative estimate of drug-likeness (QED) is 0.681. The maximum absolute atomic E-state index is 11.6. The molecule has 0 radical (unpaired) electrons. The summed E-state index contributed by atoms with van der Waals surface area (Å²) in [5.41, 5.74) is 3.49. The summed E-state index contributed by atoms with van der Waals surface area (Å²) in [4.78, 5) is 12.6. The van der Waals surface area contributed by atoms with Gasteiger partial charge in [0, 0.05) is 4.88 Å². The van der Waals surface area contributed by atoms with Crippen molar-refractivity contribution >= 4 is 39.4 Å². The van der Waals surface area contributed by atoms with Crippen LogP contribution >= 0.6 is 27.3 Å². The molecule has 18 heavy (non-hydrogen) atoms. The Labute approximate surface area is 118 Å². The van der Waals surface area contributed by atoms with Crippen molar-refractivity contribution < 1.29 is 4.79 Å². The third-order valence-electron chi connectivity index (χ3n) is 2.18. The number of hydrogen-bond donors (Lipinski definition) is 1. The van der Waals surface area contributed by atoms with Crippen LogP contribution in [0.15, 0.2) is 51.4 Å². The van der Waals surface area contributed by atoms with E-state index in [9.17, 15) is 4.79 Å². The molecular formula is C13H11BrN2OS. The van der Waals surface area contributed by atoms with Gasteiger partial charge in [-0.15, -0.1) is 11.3 Å². The van der Waals surface area contributed by atoms with Crippen LogP contribution in [0.4, 0.5) is 0 Å². The predicted octanol–water partition coefficient (Wildman–Crippen LogP) is 3.20. The zero-order chi connectivity index (χ0) is 12.8. The lowest BCUT2D eigenvalue weighted by molar-refractivity contribution is -0.120. The second-order valence-corrected chi connectivity index (χ2v) is 6.09. The lowest BCUT2D eigenvalue weighted by Crippen LogP contribution is -2.19. The fourth-order valence-electron chi connectivity index (χ4n) is 1.39. The van der Waals surface area contributed by atoms with E-state index in [1.165, 1.54) is 0 Å². The van der Waals surface area contributed by atoms with Crippen molar-refractivity contribution in [2.24, 2.45) is 5.10 Å². The molecule has 0 fully saturated rings. The van der Waals surface area contributed by atoms with Crippen LogP contribution in [-0.4, -0.2) is 12.1 Å². The van der Waals surface area contributed by atoms with E-state index in [4.69, 9.17) is 0 Å². The first-order chi connectivity index (χ1) is 8.74. The molecule has 1 aromatic carbocycles. The monoisotopic (exact) mass is 322 g/mol. The van der Waals surface area contributed by atoms with Crippen LogP contribution in [0, 0.1) is 0 Å². The van der Waals surface area contributed by atoms with Crippen molar-refractivity contribution in [1.82, 2.24) is 5.43 Å². The lowest BCUT2D eigenvalue weighted by Gasteiger charge is -1.99. The maximum Gasteiger partial charge on any atom is 0.244 e. The number of amides is 1. The molecule has 0 aliphatic rings. The van der Waals surface area contributed by atoms with Gasteiger partial charge in [0.1, 0.15) is 0 Å². The van der Waals surface area contributed by atoms with E-state index in [0.29, 0.717) is 6.42 Å². The number of carbonyl (C=O) groups excluding carboxylic acids is 1. The summed E-state index contributed by atoms with van der Waals surface area (Å²) in [7, 11) is 0. The Morgan fingerprint density at radius 2 is 2.06 bits per heavy atom. The second-order valence-electron chi connectivity index (χ2n) is 3.60. The van der Waals surface area contributed by atoms with Gasteiger partial charge in [-0.25, -0.2) is 5.43 Å². The molecule has 2 aromatic rings. The number of hydrazone groups is 1. The molecule has 0 spiro atoms. The zero-order valence-corrected chi connectivity index (χ0v) is 11.9. The molecule has 1 amide bonds. The fourth-order valence-corrected chi connectivity index (χ4v) is 2.68. The van der Waals surface area contributed by atoms with Crippen molar-refractivity contribution in [1.29, 1.82) is 0 Å². The number of thiophene rings is 1. The van der Waals surface area contributed by atoms with Gasteiger partial charge in [0.15, 0.2) is 0 Å². The molecule has 5 heteroatoms. The SMILES string of the molecule is O=C(Cc1ccccc1)N/N=C\c1ccc(Br)s1. The number of carbonyl (C=O) groups is 1. The Balaban J connectivity index is 1.83. The number of benzene rings is 1. The normalized spacial score (nSPS) is 10.7. The minimum atomic E-state index is -0.118. The van der Waals surface area contributed by atoms with Crippen LogP contribution < -0.4 is 5.43 Å². The van der Waals surface area contributed by atoms with Crippen LogP contribution in [0.1, 0.15) is 10.4 Å². The highest BCUT2D eigenvalue weighted by Gasteiger charge is 2.00. The van der Waals surface area contributed by atoms with Gasteiger partial charge in [0.05, 0.1) is 16.4 Å². The van der Waals surface area contributed by atoms with E-state index >= 15 is 0 Å². The van der Waals surface area contributed by atoms with Crippen molar-refractivity contribution in [2.75, 3.05) is 0 Å². The summed E-state index contributed by atoms with van der Waals surface area (Å²) in [5.74, 6) is -0.118. The Hall–Kier alpha value is -1.46. The van der Waals surface area contributed by atoms with Gasteiger partial charge >= 0.3 is 0 Å². The molecule has 0 saturated carbocycles. The highest BCUT2D eigenvalue weighted by Crippen LogP contribution is 2.20. The predicted molar refractivity (Wildman–Crippen MR) is 77.9 cm³/mol. The molecule has 1 N–H and O–H groups in total. The Morgan fingerprint density at radius 3 is 2.72 bits per heavy atom. The topological polar surface area (TPSA) is 41.5 Å². The summed E-state index contributed by atoms with van der Waals surface area (Å²) >= 11 is 4.93. The van der Waals surface area contributed by atoms with Gasteiger partial charge < -0.3 is 0 Å². The molecular weight excluding hydrogens is 312 g/mol. The number of rotatable bonds is 4. The standard InChI is InChI=1S/C13H11BrN2OS/c14-12-7-6-11(18-12)9-15-16-13(17)8-10-4-2-1-3-5-10/h1-7,9H,8H2,(H,16,17)/b15-9-. The summed E-state index contributed by atoms with van der Waals surface area (Å²) in [5, 5.41) is 3.92. The van der Waals surface area contributed by atoms with Crippen molar-refractivity contribution in [2.45, 2.75) is 6.42 Å². The van der Waals surface area contributed by atoms with Crippen LogP contribution in [0.3, 0.4) is 0 Å². The summed E-state index contributed by atoms with van der Waals surface area (Å²) < 4.78 is 1.04. The smallest absolute Gasteiger partial charge is 0.244 e. The molecule has 92 valence electrons. The first kappa shape index (κ1) is 13.0.